The molecule has 28 heavy (non-hydrogen) atoms. The second kappa shape index (κ2) is 7.75. The van der Waals surface area contributed by atoms with Crippen LogP contribution in [0.3, 0.4) is 0 Å². The van der Waals surface area contributed by atoms with Crippen LogP contribution in [0.1, 0.15) is 11.1 Å². The van der Waals surface area contributed by atoms with Gasteiger partial charge in [-0.3, -0.25) is 9.59 Å². The molecule has 2 heterocycles. The third kappa shape index (κ3) is 3.61. The Bertz CT molecular complexity index is 903. The summed E-state index contributed by atoms with van der Waals surface area (Å²) in [7, 11) is 0. The van der Waals surface area contributed by atoms with Crippen LogP contribution in [0, 0.1) is 0 Å². The van der Waals surface area contributed by atoms with Gasteiger partial charge in [-0.25, -0.2) is 0 Å². The third-order valence-corrected chi connectivity index (χ3v) is 4.13. The number of hydrogen-bond donors (Lipinski definition) is 2. The number of ether oxygens (including phenoxy) is 4. The molecule has 0 spiro atoms. The smallest absolute Gasteiger partial charge is 0.231 e. The normalized spacial score (nSPS) is 14.6. The topological polar surface area (TPSA) is 95.1 Å². The summed E-state index contributed by atoms with van der Waals surface area (Å²) in [5.74, 6) is 2.54. The molecule has 0 fully saturated rings. The van der Waals surface area contributed by atoms with Gasteiger partial charge in [-0.15, -0.1) is 0 Å². The summed E-state index contributed by atoms with van der Waals surface area (Å²) in [5, 5.41) is 5.24. The lowest BCUT2D eigenvalue weighted by Gasteiger charge is -2.11. The fourth-order valence-corrected chi connectivity index (χ4v) is 2.86. The van der Waals surface area contributed by atoms with Gasteiger partial charge in [0.25, 0.3) is 0 Å². The van der Waals surface area contributed by atoms with Crippen molar-refractivity contribution in [3.8, 4) is 23.0 Å². The highest BCUT2D eigenvalue weighted by Gasteiger charge is 2.15. The Morgan fingerprint density at radius 3 is 1.54 bits per heavy atom. The van der Waals surface area contributed by atoms with Crippen LogP contribution in [0.5, 0.6) is 23.0 Å². The molecular formula is C20H16N2O6. The molecule has 0 saturated carbocycles. The van der Waals surface area contributed by atoms with Crippen LogP contribution in [0.2, 0.25) is 0 Å². The molecule has 0 unspecified atom stereocenters. The molecule has 2 N–H and O–H groups in total. The SMILES string of the molecule is O=CNC(=C\c1ccc2c(c1)OCO2)/C(=C/c1ccc2c(c1)OCO2)NC=O. The number of amides is 2. The van der Waals surface area contributed by atoms with E-state index in [2.05, 4.69) is 10.6 Å². The molecule has 0 bridgehead atoms. The highest BCUT2D eigenvalue weighted by Crippen LogP contribution is 2.34. The summed E-state index contributed by atoms with van der Waals surface area (Å²) in [6.07, 6.45) is 4.51. The van der Waals surface area contributed by atoms with E-state index in [-0.39, 0.29) is 13.6 Å². The van der Waals surface area contributed by atoms with E-state index in [0.29, 0.717) is 47.2 Å². The average molecular weight is 380 g/mol. The molecule has 0 aliphatic carbocycles. The van der Waals surface area contributed by atoms with Gasteiger partial charge in [0.1, 0.15) is 0 Å². The van der Waals surface area contributed by atoms with Gasteiger partial charge in [-0.1, -0.05) is 12.1 Å². The number of nitrogens with one attached hydrogen (secondary N) is 2. The zero-order chi connectivity index (χ0) is 19.3. The number of carbonyl (C=O) groups is 2. The Balaban J connectivity index is 1.70. The number of hydrogen-bond acceptors (Lipinski definition) is 6. The van der Waals surface area contributed by atoms with Crippen molar-refractivity contribution in [3.63, 3.8) is 0 Å². The highest BCUT2D eigenvalue weighted by atomic mass is 16.7. The van der Waals surface area contributed by atoms with E-state index in [1.165, 1.54) is 0 Å². The Morgan fingerprint density at radius 2 is 1.11 bits per heavy atom. The van der Waals surface area contributed by atoms with Crippen LogP contribution in [-0.4, -0.2) is 26.4 Å². The highest BCUT2D eigenvalue weighted by molar-refractivity contribution is 5.73. The van der Waals surface area contributed by atoms with Crippen LogP contribution in [0.25, 0.3) is 12.2 Å². The first kappa shape index (κ1) is 17.5. The second-order valence-corrected chi connectivity index (χ2v) is 5.87. The van der Waals surface area contributed by atoms with Crippen molar-refractivity contribution in [1.82, 2.24) is 10.6 Å². The Morgan fingerprint density at radius 1 is 0.679 bits per heavy atom. The van der Waals surface area contributed by atoms with Crippen LogP contribution in [-0.2, 0) is 9.59 Å². The van der Waals surface area contributed by atoms with Gasteiger partial charge in [0, 0.05) is 0 Å². The minimum absolute atomic E-state index is 0.171. The number of carbonyl (C=O) groups excluding carboxylic acids is 2. The lowest BCUT2D eigenvalue weighted by atomic mass is 10.1. The van der Waals surface area contributed by atoms with Gasteiger partial charge in [-0.05, 0) is 47.5 Å². The Labute approximate surface area is 160 Å². The maximum Gasteiger partial charge on any atom is 0.231 e. The van der Waals surface area contributed by atoms with Gasteiger partial charge in [0.05, 0.1) is 11.4 Å². The molecule has 0 atom stereocenters. The number of fused-ring (bicyclic) bond motifs is 2. The maximum absolute atomic E-state index is 11.1. The monoisotopic (exact) mass is 380 g/mol. The van der Waals surface area contributed by atoms with Crippen molar-refractivity contribution in [1.29, 1.82) is 0 Å². The number of rotatable bonds is 7. The van der Waals surface area contributed by atoms with Crippen molar-refractivity contribution in [3.05, 3.63) is 58.9 Å². The van der Waals surface area contributed by atoms with Crippen molar-refractivity contribution in [2.24, 2.45) is 0 Å². The summed E-state index contributed by atoms with van der Waals surface area (Å²) in [6, 6.07) is 10.8. The fourth-order valence-electron chi connectivity index (χ4n) is 2.86. The Hall–Kier alpha value is -3.94. The van der Waals surface area contributed by atoms with Gasteiger partial charge in [-0.2, -0.15) is 0 Å². The predicted molar refractivity (Wildman–Crippen MR) is 99.5 cm³/mol. The first-order valence-electron chi connectivity index (χ1n) is 8.40. The molecule has 2 aliphatic heterocycles. The summed E-state index contributed by atoms with van der Waals surface area (Å²) in [4.78, 5) is 22.3. The molecule has 2 aromatic carbocycles. The molecule has 0 radical (unpaired) electrons. The predicted octanol–water partition coefficient (Wildman–Crippen LogP) is 2.02. The lowest BCUT2D eigenvalue weighted by molar-refractivity contribution is -0.110. The van der Waals surface area contributed by atoms with E-state index in [1.54, 1.807) is 36.4 Å². The zero-order valence-electron chi connectivity index (χ0n) is 14.6. The molecule has 2 aliphatic rings. The van der Waals surface area contributed by atoms with Gasteiger partial charge >= 0.3 is 0 Å². The van der Waals surface area contributed by atoms with Gasteiger partial charge in [0.15, 0.2) is 23.0 Å². The largest absolute Gasteiger partial charge is 0.454 e. The molecule has 4 rings (SSSR count). The molecule has 2 aromatic rings. The van der Waals surface area contributed by atoms with Crippen molar-refractivity contribution in [2.45, 2.75) is 0 Å². The second-order valence-electron chi connectivity index (χ2n) is 5.87. The van der Waals surface area contributed by atoms with E-state index >= 15 is 0 Å². The van der Waals surface area contributed by atoms with Crippen LogP contribution < -0.4 is 29.6 Å². The first-order chi connectivity index (χ1) is 13.8. The van der Waals surface area contributed by atoms with E-state index in [1.807, 2.05) is 12.1 Å². The van der Waals surface area contributed by atoms with E-state index < -0.39 is 0 Å². The van der Waals surface area contributed by atoms with Crippen molar-refractivity contribution >= 4 is 25.0 Å². The molecule has 8 nitrogen and oxygen atoms in total. The summed E-state index contributed by atoms with van der Waals surface area (Å²) in [6.45, 7) is 0.341. The van der Waals surface area contributed by atoms with Crippen LogP contribution >= 0.6 is 0 Å². The lowest BCUT2D eigenvalue weighted by Crippen LogP contribution is -2.21. The van der Waals surface area contributed by atoms with Crippen molar-refractivity contribution < 1.29 is 28.5 Å². The van der Waals surface area contributed by atoms with E-state index in [9.17, 15) is 9.59 Å². The molecule has 0 aromatic heterocycles. The van der Waals surface area contributed by atoms with Crippen LogP contribution in [0.15, 0.2) is 47.8 Å². The summed E-state index contributed by atoms with van der Waals surface area (Å²) in [5.41, 5.74) is 2.33. The molecule has 8 heteroatoms. The standard InChI is InChI=1S/C20H16N2O6/c23-9-21-15(5-13-1-3-17-19(7-13)27-11-25-17)16(22-10-24)6-14-2-4-18-20(8-14)28-12-26-18/h1-10H,11-12H2,(H,21,23)(H,22,24)/b15-5-,16-6-. The molecular weight excluding hydrogens is 364 g/mol. The number of benzene rings is 2. The summed E-state index contributed by atoms with van der Waals surface area (Å²) < 4.78 is 21.3. The van der Waals surface area contributed by atoms with E-state index in [0.717, 1.165) is 11.1 Å². The quantitative estimate of drug-likeness (QED) is 0.564. The van der Waals surface area contributed by atoms with Gasteiger partial charge < -0.3 is 29.6 Å². The zero-order valence-corrected chi connectivity index (χ0v) is 14.6. The molecule has 2 amide bonds. The van der Waals surface area contributed by atoms with Crippen LogP contribution in [0.4, 0.5) is 0 Å². The summed E-state index contributed by atoms with van der Waals surface area (Å²) >= 11 is 0. The first-order valence-corrected chi connectivity index (χ1v) is 8.40. The van der Waals surface area contributed by atoms with E-state index in [4.69, 9.17) is 18.9 Å². The van der Waals surface area contributed by atoms with Gasteiger partial charge in [0.2, 0.25) is 26.4 Å². The molecule has 0 saturated heterocycles. The van der Waals surface area contributed by atoms with Crippen molar-refractivity contribution in [2.75, 3.05) is 13.6 Å². The Kier molecular flexibility index (Phi) is 4.83. The fraction of sp³-hybridized carbons (Fsp3) is 0.100. The maximum atomic E-state index is 11.1. The minimum atomic E-state index is 0.171. The minimum Gasteiger partial charge on any atom is -0.454 e. The average Bonchev–Trinajstić information content (AvgIpc) is 3.35. The third-order valence-electron chi connectivity index (χ3n) is 4.13. The molecule has 142 valence electrons.